The molecule has 6 nitrogen and oxygen atoms in total. The Bertz CT molecular complexity index is 1210. The van der Waals surface area contributed by atoms with Crippen molar-refractivity contribution in [2.45, 2.75) is 32.8 Å². The molecular formula is C22H22N4O2S. The summed E-state index contributed by atoms with van der Waals surface area (Å²) in [5.41, 5.74) is 9.19. The number of fused-ring (bicyclic) bond motifs is 2. The number of nitrogen functional groups attached to an aromatic ring is 1. The summed E-state index contributed by atoms with van der Waals surface area (Å²) in [6.07, 6.45) is -0.241. The number of H-pyrrole nitrogens is 1. The molecule has 1 atom stereocenters. The van der Waals surface area contributed by atoms with Crippen molar-refractivity contribution in [2.75, 3.05) is 11.1 Å². The molecule has 0 bridgehead atoms. The predicted octanol–water partition coefficient (Wildman–Crippen LogP) is 4.66. The van der Waals surface area contributed by atoms with Crippen LogP contribution in [0.5, 0.6) is 0 Å². The number of aromatic amines is 1. The van der Waals surface area contributed by atoms with Gasteiger partial charge in [0.2, 0.25) is 0 Å². The second kappa shape index (κ2) is 7.33. The Balaban J connectivity index is 2.03. The molecule has 2 heterocycles. The molecule has 4 rings (SSSR count). The van der Waals surface area contributed by atoms with E-state index in [-0.39, 0.29) is 16.8 Å². The quantitative estimate of drug-likeness (QED) is 0.433. The van der Waals surface area contributed by atoms with Crippen LogP contribution < -0.4 is 11.1 Å². The molecule has 3 aromatic rings. The van der Waals surface area contributed by atoms with E-state index in [0.717, 1.165) is 16.3 Å². The lowest BCUT2D eigenvalue weighted by Gasteiger charge is -2.31. The van der Waals surface area contributed by atoms with Gasteiger partial charge in [0.05, 0.1) is 17.6 Å². The van der Waals surface area contributed by atoms with Gasteiger partial charge < -0.3 is 20.8 Å². The normalized spacial score (nSPS) is 15.9. The number of benzene rings is 2. The van der Waals surface area contributed by atoms with Crippen molar-refractivity contribution in [3.05, 3.63) is 69.6 Å². The monoisotopic (exact) mass is 406 g/mol. The van der Waals surface area contributed by atoms with Crippen LogP contribution in [0.1, 0.15) is 37.8 Å². The maximum Gasteiger partial charge on any atom is 0.337 e. The SMILES string of the molecule is CC1=C(C(=O)OC(C)C)C(c2cccc3ccccc23)c2c(nc(=S)[nH]c2N)N1. The van der Waals surface area contributed by atoms with E-state index in [2.05, 4.69) is 15.3 Å². The van der Waals surface area contributed by atoms with E-state index in [0.29, 0.717) is 28.5 Å². The smallest absolute Gasteiger partial charge is 0.337 e. The molecule has 0 radical (unpaired) electrons. The summed E-state index contributed by atoms with van der Waals surface area (Å²) in [6.45, 7) is 5.51. The van der Waals surface area contributed by atoms with E-state index in [4.69, 9.17) is 22.7 Å². The number of nitrogens with zero attached hydrogens (tertiary/aromatic N) is 1. The van der Waals surface area contributed by atoms with Gasteiger partial charge in [-0.3, -0.25) is 0 Å². The Labute approximate surface area is 173 Å². The molecule has 0 fully saturated rings. The van der Waals surface area contributed by atoms with Crippen LogP contribution in [-0.4, -0.2) is 22.0 Å². The van der Waals surface area contributed by atoms with Crippen molar-refractivity contribution >= 4 is 40.6 Å². The first-order valence-corrected chi connectivity index (χ1v) is 9.83. The van der Waals surface area contributed by atoms with Crippen LogP contribution in [0.25, 0.3) is 10.8 Å². The fourth-order valence-electron chi connectivity index (χ4n) is 3.85. The van der Waals surface area contributed by atoms with Crippen LogP contribution in [0.15, 0.2) is 53.7 Å². The lowest BCUT2D eigenvalue weighted by Crippen LogP contribution is -2.27. The van der Waals surface area contributed by atoms with E-state index in [1.54, 1.807) is 0 Å². The van der Waals surface area contributed by atoms with Gasteiger partial charge in [0.1, 0.15) is 11.6 Å². The molecule has 0 amide bonds. The van der Waals surface area contributed by atoms with Crippen LogP contribution in [0.2, 0.25) is 0 Å². The number of allylic oxidation sites excluding steroid dienone is 1. The van der Waals surface area contributed by atoms with Gasteiger partial charge in [-0.2, -0.15) is 0 Å². The molecular weight excluding hydrogens is 384 g/mol. The van der Waals surface area contributed by atoms with E-state index in [1.807, 2.05) is 63.2 Å². The van der Waals surface area contributed by atoms with Crippen molar-refractivity contribution in [1.29, 1.82) is 0 Å². The fraction of sp³-hybridized carbons (Fsp3) is 0.227. The molecule has 1 aromatic heterocycles. The fourth-order valence-corrected chi connectivity index (χ4v) is 4.06. The molecule has 29 heavy (non-hydrogen) atoms. The zero-order valence-electron chi connectivity index (χ0n) is 16.4. The van der Waals surface area contributed by atoms with Crippen molar-refractivity contribution < 1.29 is 9.53 Å². The van der Waals surface area contributed by atoms with Crippen LogP contribution in [0.3, 0.4) is 0 Å². The van der Waals surface area contributed by atoms with Gasteiger partial charge in [-0.05, 0) is 49.3 Å². The maximum absolute atomic E-state index is 13.1. The summed E-state index contributed by atoms with van der Waals surface area (Å²) in [5.74, 6) is 0.119. The topological polar surface area (TPSA) is 93.0 Å². The highest BCUT2D eigenvalue weighted by molar-refractivity contribution is 7.71. The number of hydrogen-bond acceptors (Lipinski definition) is 6. The standard InChI is InChI=1S/C22H22N4O2S/c1-11(2)28-21(27)16-12(3)24-20-18(19(23)25-22(29)26-20)17(16)15-10-6-8-13-7-4-5-9-14(13)15/h4-11,17H,1-3H3,(H4,23,24,25,26,29). The molecule has 148 valence electrons. The lowest BCUT2D eigenvalue weighted by atomic mass is 9.80. The first-order valence-electron chi connectivity index (χ1n) is 9.43. The Morgan fingerprint density at radius 3 is 2.69 bits per heavy atom. The van der Waals surface area contributed by atoms with Gasteiger partial charge in [0.15, 0.2) is 4.77 Å². The third kappa shape index (κ3) is 3.38. The summed E-state index contributed by atoms with van der Waals surface area (Å²) in [5, 5.41) is 5.31. The average molecular weight is 407 g/mol. The number of esters is 1. The molecule has 1 unspecified atom stereocenters. The number of anilines is 2. The Morgan fingerprint density at radius 2 is 1.93 bits per heavy atom. The van der Waals surface area contributed by atoms with E-state index in [9.17, 15) is 4.79 Å². The maximum atomic E-state index is 13.1. The van der Waals surface area contributed by atoms with E-state index in [1.165, 1.54) is 0 Å². The zero-order chi connectivity index (χ0) is 20.7. The lowest BCUT2D eigenvalue weighted by molar-refractivity contribution is -0.142. The number of nitrogens with one attached hydrogen (secondary N) is 2. The van der Waals surface area contributed by atoms with Crippen LogP contribution in [0, 0.1) is 4.77 Å². The van der Waals surface area contributed by atoms with Crippen molar-refractivity contribution in [3.63, 3.8) is 0 Å². The number of ether oxygens (including phenoxy) is 1. The molecule has 0 aliphatic carbocycles. The number of rotatable bonds is 3. The predicted molar refractivity (Wildman–Crippen MR) is 117 cm³/mol. The number of hydrogen-bond donors (Lipinski definition) is 3. The highest BCUT2D eigenvalue weighted by Crippen LogP contribution is 2.45. The second-order valence-electron chi connectivity index (χ2n) is 7.34. The van der Waals surface area contributed by atoms with E-state index < -0.39 is 5.92 Å². The van der Waals surface area contributed by atoms with Crippen molar-refractivity contribution in [1.82, 2.24) is 9.97 Å². The first kappa shape index (κ1) is 19.1. The summed E-state index contributed by atoms with van der Waals surface area (Å²) >= 11 is 5.20. The van der Waals surface area contributed by atoms with Crippen molar-refractivity contribution in [2.24, 2.45) is 0 Å². The summed E-state index contributed by atoms with van der Waals surface area (Å²) in [4.78, 5) is 20.5. The molecule has 1 aliphatic heterocycles. The summed E-state index contributed by atoms with van der Waals surface area (Å²) in [6, 6.07) is 14.1. The minimum absolute atomic E-state index is 0.241. The molecule has 7 heteroatoms. The zero-order valence-corrected chi connectivity index (χ0v) is 17.3. The van der Waals surface area contributed by atoms with Gasteiger partial charge in [-0.1, -0.05) is 42.5 Å². The molecule has 4 N–H and O–H groups in total. The number of nitrogens with two attached hydrogens (primary N) is 1. The number of carbonyl (C=O) groups excluding carboxylic acids is 1. The summed E-state index contributed by atoms with van der Waals surface area (Å²) in [7, 11) is 0. The highest BCUT2D eigenvalue weighted by atomic mass is 32.1. The first-order chi connectivity index (χ1) is 13.9. The van der Waals surface area contributed by atoms with Gasteiger partial charge in [-0.15, -0.1) is 0 Å². The molecule has 2 aromatic carbocycles. The van der Waals surface area contributed by atoms with Gasteiger partial charge in [-0.25, -0.2) is 9.78 Å². The summed E-state index contributed by atoms with van der Waals surface area (Å²) < 4.78 is 5.86. The third-order valence-electron chi connectivity index (χ3n) is 4.98. The Kier molecular flexibility index (Phi) is 4.84. The van der Waals surface area contributed by atoms with Gasteiger partial charge in [0, 0.05) is 11.3 Å². The molecule has 0 saturated carbocycles. The molecule has 0 saturated heterocycles. The van der Waals surface area contributed by atoms with Crippen LogP contribution in [0.4, 0.5) is 11.6 Å². The third-order valence-corrected chi connectivity index (χ3v) is 5.18. The second-order valence-corrected chi connectivity index (χ2v) is 7.72. The minimum atomic E-state index is -0.442. The Hall–Kier alpha value is -3.19. The highest BCUT2D eigenvalue weighted by Gasteiger charge is 2.36. The number of aromatic nitrogens is 2. The van der Waals surface area contributed by atoms with Crippen LogP contribution in [-0.2, 0) is 9.53 Å². The van der Waals surface area contributed by atoms with Crippen LogP contribution >= 0.6 is 12.2 Å². The number of carbonyl (C=O) groups is 1. The van der Waals surface area contributed by atoms with E-state index >= 15 is 0 Å². The van der Waals surface area contributed by atoms with Crippen molar-refractivity contribution in [3.8, 4) is 0 Å². The minimum Gasteiger partial charge on any atom is -0.460 e. The largest absolute Gasteiger partial charge is 0.460 e. The van der Waals surface area contributed by atoms with Gasteiger partial charge in [0.25, 0.3) is 0 Å². The average Bonchev–Trinajstić information content (AvgIpc) is 2.65. The Morgan fingerprint density at radius 1 is 1.21 bits per heavy atom. The molecule has 0 spiro atoms. The molecule has 1 aliphatic rings. The van der Waals surface area contributed by atoms with Gasteiger partial charge >= 0.3 is 5.97 Å².